The van der Waals surface area contributed by atoms with Gasteiger partial charge < -0.3 is 4.74 Å². The second-order valence-corrected chi connectivity index (χ2v) is 5.75. The smallest absolute Gasteiger partial charge is 0.129 e. The molecular weight excluding hydrogens is 282 g/mol. The van der Waals surface area contributed by atoms with Crippen LogP contribution in [0.4, 0.5) is 0 Å². The Morgan fingerprint density at radius 1 is 1.29 bits per heavy atom. The first-order valence-electron chi connectivity index (χ1n) is 6.73. The summed E-state index contributed by atoms with van der Waals surface area (Å²) in [5.41, 5.74) is 4.89. The van der Waals surface area contributed by atoms with Crippen molar-refractivity contribution in [3.63, 3.8) is 0 Å². The highest BCUT2D eigenvalue weighted by Crippen LogP contribution is 2.28. The summed E-state index contributed by atoms with van der Waals surface area (Å²) < 4.78 is 5.22. The number of nitrogens with zero attached hydrogens (tertiary/aromatic N) is 1. The van der Waals surface area contributed by atoms with Crippen LogP contribution in [-0.4, -0.2) is 12.1 Å². The molecule has 4 nitrogen and oxygen atoms in total. The Morgan fingerprint density at radius 3 is 2.90 bits per heavy atom. The fourth-order valence-corrected chi connectivity index (χ4v) is 3.21. The van der Waals surface area contributed by atoms with Crippen molar-refractivity contribution in [2.24, 2.45) is 5.84 Å². The topological polar surface area (TPSA) is 60.2 Å². The van der Waals surface area contributed by atoms with Crippen LogP contribution in [0.1, 0.15) is 16.6 Å². The molecule has 0 aliphatic carbocycles. The molecule has 0 fully saturated rings. The minimum Gasteiger partial charge on any atom is -0.496 e. The molecule has 0 amide bonds. The molecule has 0 bridgehead atoms. The van der Waals surface area contributed by atoms with Crippen molar-refractivity contribution in [3.8, 4) is 5.75 Å². The molecule has 0 saturated heterocycles. The number of fused-ring (bicyclic) bond motifs is 1. The molecule has 0 aliphatic rings. The van der Waals surface area contributed by atoms with Gasteiger partial charge in [0.25, 0.3) is 0 Å². The van der Waals surface area contributed by atoms with Crippen molar-refractivity contribution < 1.29 is 4.74 Å². The van der Waals surface area contributed by atoms with Gasteiger partial charge in [-0.1, -0.05) is 24.3 Å². The van der Waals surface area contributed by atoms with Crippen LogP contribution in [0.25, 0.3) is 10.9 Å². The van der Waals surface area contributed by atoms with Crippen LogP contribution in [0.15, 0.2) is 47.8 Å². The zero-order chi connectivity index (χ0) is 14.7. The van der Waals surface area contributed by atoms with Gasteiger partial charge in [-0.2, -0.15) is 0 Å². The minimum absolute atomic E-state index is 0.0348. The second-order valence-electron chi connectivity index (χ2n) is 4.81. The lowest BCUT2D eigenvalue weighted by molar-refractivity contribution is 0.415. The Morgan fingerprint density at radius 2 is 2.14 bits per heavy atom. The summed E-state index contributed by atoms with van der Waals surface area (Å²) in [5, 5.41) is 3.13. The molecule has 0 radical (unpaired) electrons. The number of rotatable bonds is 5. The van der Waals surface area contributed by atoms with Crippen LogP contribution >= 0.6 is 11.3 Å². The number of hydrogen-bond donors (Lipinski definition) is 2. The maximum atomic E-state index is 5.70. The van der Waals surface area contributed by atoms with Gasteiger partial charge in [0, 0.05) is 27.8 Å². The van der Waals surface area contributed by atoms with Gasteiger partial charge in [0.15, 0.2) is 0 Å². The van der Waals surface area contributed by atoms with Crippen LogP contribution in [-0.2, 0) is 6.42 Å². The molecule has 21 heavy (non-hydrogen) atoms. The molecule has 0 saturated carbocycles. The maximum Gasteiger partial charge on any atom is 0.129 e. The average Bonchev–Trinajstić information content (AvgIpc) is 3.01. The average molecular weight is 299 g/mol. The molecule has 1 aromatic carbocycles. The fraction of sp³-hybridized carbons (Fsp3) is 0.188. The van der Waals surface area contributed by atoms with E-state index in [0.29, 0.717) is 0 Å². The molecule has 0 spiro atoms. The van der Waals surface area contributed by atoms with E-state index in [1.165, 1.54) is 0 Å². The van der Waals surface area contributed by atoms with E-state index in [0.717, 1.165) is 33.6 Å². The van der Waals surface area contributed by atoms with E-state index in [1.54, 1.807) is 18.4 Å². The summed E-state index contributed by atoms with van der Waals surface area (Å²) in [7, 11) is 1.67. The number of aromatic nitrogens is 1. The van der Waals surface area contributed by atoms with E-state index in [-0.39, 0.29) is 6.04 Å². The normalized spacial score (nSPS) is 12.5. The molecule has 3 aromatic rings. The van der Waals surface area contributed by atoms with E-state index in [9.17, 15) is 0 Å². The lowest BCUT2D eigenvalue weighted by Crippen LogP contribution is -2.29. The monoisotopic (exact) mass is 299 g/mol. The summed E-state index contributed by atoms with van der Waals surface area (Å²) in [4.78, 5) is 5.84. The number of thiophene rings is 1. The molecule has 1 atom stereocenters. The zero-order valence-electron chi connectivity index (χ0n) is 11.7. The van der Waals surface area contributed by atoms with Gasteiger partial charge in [0.1, 0.15) is 5.75 Å². The Balaban J connectivity index is 1.84. The predicted octanol–water partition coefficient (Wildman–Crippen LogP) is 3.05. The Bertz CT molecular complexity index is 741. The van der Waals surface area contributed by atoms with E-state index in [2.05, 4.69) is 23.6 Å². The van der Waals surface area contributed by atoms with Gasteiger partial charge in [-0.25, -0.2) is 0 Å². The van der Waals surface area contributed by atoms with Crippen molar-refractivity contribution in [2.75, 3.05) is 7.11 Å². The molecule has 108 valence electrons. The molecule has 0 aliphatic heterocycles. The first-order valence-corrected chi connectivity index (χ1v) is 7.61. The number of nitrogens with one attached hydrogen (secondary N) is 1. The predicted molar refractivity (Wildman–Crippen MR) is 86.4 cm³/mol. The van der Waals surface area contributed by atoms with Gasteiger partial charge in [-0.05, 0) is 18.2 Å². The summed E-state index contributed by atoms with van der Waals surface area (Å²) in [6.07, 6.45) is 0.741. The quantitative estimate of drug-likeness (QED) is 0.561. The standard InChI is InChI=1S/C16H17N3OS/c1-20-13-9-16(21-10-13)15(19-17)8-12-7-6-11-4-2-3-5-14(11)18-12/h2-7,9-10,15,19H,8,17H2,1H3. The molecule has 5 heteroatoms. The number of methoxy groups -OCH3 is 1. The highest BCUT2D eigenvalue weighted by atomic mass is 32.1. The third-order valence-electron chi connectivity index (χ3n) is 3.45. The number of hydrogen-bond acceptors (Lipinski definition) is 5. The number of nitrogens with two attached hydrogens (primary N) is 1. The number of pyridine rings is 1. The lowest BCUT2D eigenvalue weighted by atomic mass is 10.1. The first-order chi connectivity index (χ1) is 10.3. The fourth-order valence-electron chi connectivity index (χ4n) is 2.30. The van der Waals surface area contributed by atoms with E-state index >= 15 is 0 Å². The third kappa shape index (κ3) is 3.05. The highest BCUT2D eigenvalue weighted by Gasteiger charge is 2.14. The highest BCUT2D eigenvalue weighted by molar-refractivity contribution is 7.10. The van der Waals surface area contributed by atoms with Crippen molar-refractivity contribution in [1.82, 2.24) is 10.4 Å². The second kappa shape index (κ2) is 6.22. The van der Waals surface area contributed by atoms with E-state index < -0.39 is 0 Å². The molecule has 3 rings (SSSR count). The van der Waals surface area contributed by atoms with Gasteiger partial charge in [-0.3, -0.25) is 16.3 Å². The van der Waals surface area contributed by atoms with Crippen molar-refractivity contribution in [1.29, 1.82) is 0 Å². The summed E-state index contributed by atoms with van der Waals surface area (Å²) in [6.45, 7) is 0. The SMILES string of the molecule is COc1csc(C(Cc2ccc3ccccc3n2)NN)c1. The molecule has 2 aromatic heterocycles. The molecule has 1 unspecified atom stereocenters. The van der Waals surface area contributed by atoms with Crippen LogP contribution in [0.2, 0.25) is 0 Å². The summed E-state index contributed by atoms with van der Waals surface area (Å²) >= 11 is 1.63. The third-order valence-corrected chi connectivity index (χ3v) is 4.47. The van der Waals surface area contributed by atoms with Crippen molar-refractivity contribution in [3.05, 3.63) is 58.4 Å². The molecular formula is C16H17N3OS. The number of benzene rings is 1. The first kappa shape index (κ1) is 14.0. The summed E-state index contributed by atoms with van der Waals surface area (Å²) in [6, 6.07) is 14.3. The molecule has 3 N–H and O–H groups in total. The largest absolute Gasteiger partial charge is 0.496 e. The van der Waals surface area contributed by atoms with E-state index in [1.807, 2.05) is 29.6 Å². The van der Waals surface area contributed by atoms with Crippen LogP contribution < -0.4 is 16.0 Å². The van der Waals surface area contributed by atoms with Gasteiger partial charge in [0.05, 0.1) is 18.7 Å². The Kier molecular flexibility index (Phi) is 4.15. The van der Waals surface area contributed by atoms with Crippen LogP contribution in [0.5, 0.6) is 5.75 Å². The zero-order valence-corrected chi connectivity index (χ0v) is 12.6. The van der Waals surface area contributed by atoms with Crippen molar-refractivity contribution >= 4 is 22.2 Å². The minimum atomic E-state index is 0.0348. The van der Waals surface area contributed by atoms with E-state index in [4.69, 9.17) is 15.6 Å². The number of hydrazine groups is 1. The van der Waals surface area contributed by atoms with Crippen molar-refractivity contribution in [2.45, 2.75) is 12.5 Å². The van der Waals surface area contributed by atoms with Gasteiger partial charge in [0.2, 0.25) is 0 Å². The summed E-state index contributed by atoms with van der Waals surface area (Å²) in [5.74, 6) is 6.57. The number of para-hydroxylation sites is 1. The van der Waals surface area contributed by atoms with Gasteiger partial charge >= 0.3 is 0 Å². The van der Waals surface area contributed by atoms with Crippen LogP contribution in [0.3, 0.4) is 0 Å². The lowest BCUT2D eigenvalue weighted by Gasteiger charge is -2.14. The maximum absolute atomic E-state index is 5.70. The van der Waals surface area contributed by atoms with Gasteiger partial charge in [-0.15, -0.1) is 11.3 Å². The molecule has 2 heterocycles. The Labute approximate surface area is 127 Å². The van der Waals surface area contributed by atoms with Crippen LogP contribution in [0, 0.1) is 0 Å². The Hall–Kier alpha value is -1.95. The number of ether oxygens (including phenoxy) is 1.